The number of benzene rings is 2. The zero-order valence-corrected chi connectivity index (χ0v) is 16.4. The van der Waals surface area contributed by atoms with Crippen molar-refractivity contribution in [1.82, 2.24) is 5.32 Å². The maximum Gasteiger partial charge on any atom is 0.127 e. The molecule has 21 heavy (non-hydrogen) atoms. The molecule has 0 bridgehead atoms. The van der Waals surface area contributed by atoms with Gasteiger partial charge in [-0.15, -0.1) is 0 Å². The minimum absolute atomic E-state index is 0.0864. The molecule has 0 aromatic heterocycles. The second kappa shape index (κ2) is 7.11. The third kappa shape index (κ3) is 3.43. The van der Waals surface area contributed by atoms with Crippen LogP contribution in [0.5, 0.6) is 5.75 Å². The summed E-state index contributed by atoms with van der Waals surface area (Å²) in [6.07, 6.45) is 0. The molecule has 0 fully saturated rings. The van der Waals surface area contributed by atoms with Crippen LogP contribution in [-0.2, 0) is 0 Å². The average molecular weight is 460 g/mol. The van der Waals surface area contributed by atoms with Gasteiger partial charge < -0.3 is 10.1 Å². The maximum atomic E-state index is 5.67. The minimum Gasteiger partial charge on any atom is -0.496 e. The number of nitrogens with one attached hydrogen (secondary N) is 1. The van der Waals surface area contributed by atoms with Crippen LogP contribution < -0.4 is 10.1 Å². The van der Waals surface area contributed by atoms with E-state index in [4.69, 9.17) is 4.74 Å². The molecule has 0 aliphatic carbocycles. The van der Waals surface area contributed by atoms with Crippen LogP contribution in [0.1, 0.15) is 28.3 Å². The fraction of sp³-hybridized carbons (Fsp3) is 0.294. The second-order valence-electron chi connectivity index (χ2n) is 5.02. The van der Waals surface area contributed by atoms with E-state index in [-0.39, 0.29) is 6.04 Å². The fourth-order valence-electron chi connectivity index (χ4n) is 2.52. The van der Waals surface area contributed by atoms with Gasteiger partial charge >= 0.3 is 0 Å². The normalized spacial score (nSPS) is 12.3. The highest BCUT2D eigenvalue weighted by Crippen LogP contribution is 2.36. The zero-order valence-electron chi connectivity index (χ0n) is 12.6. The number of rotatable bonds is 4. The van der Waals surface area contributed by atoms with Gasteiger partial charge in [-0.1, -0.05) is 28.1 Å². The summed E-state index contributed by atoms with van der Waals surface area (Å²) in [4.78, 5) is 0. The third-order valence-corrected chi connectivity index (χ3v) is 5.17. The monoisotopic (exact) mass is 459 g/mol. The summed E-state index contributed by atoms with van der Waals surface area (Å²) in [5.74, 6) is 0.958. The Morgan fingerprint density at radius 2 is 1.86 bits per heavy atom. The Morgan fingerprint density at radius 1 is 1.14 bits per heavy atom. The molecule has 1 N–H and O–H groups in total. The first kappa shape index (κ1) is 16.8. The van der Waals surface area contributed by atoms with E-state index in [9.17, 15) is 0 Å². The van der Waals surface area contributed by atoms with E-state index in [0.717, 1.165) is 15.8 Å². The van der Waals surface area contributed by atoms with Crippen molar-refractivity contribution >= 4 is 38.5 Å². The molecule has 0 aliphatic rings. The molecule has 1 unspecified atom stereocenters. The van der Waals surface area contributed by atoms with Crippen molar-refractivity contribution in [3.8, 4) is 5.75 Å². The van der Waals surface area contributed by atoms with Crippen LogP contribution in [0, 0.1) is 17.4 Å². The molecule has 2 aromatic carbocycles. The number of aryl methyl sites for hydroxylation is 1. The Kier molecular flexibility index (Phi) is 5.68. The molecule has 4 heteroatoms. The molecule has 0 spiro atoms. The molecule has 1 atom stereocenters. The number of halogens is 2. The quantitative estimate of drug-likeness (QED) is 0.650. The van der Waals surface area contributed by atoms with E-state index in [0.29, 0.717) is 0 Å². The lowest BCUT2D eigenvalue weighted by atomic mass is 9.94. The van der Waals surface area contributed by atoms with Gasteiger partial charge in [-0.05, 0) is 78.4 Å². The van der Waals surface area contributed by atoms with Gasteiger partial charge in [0, 0.05) is 13.6 Å². The minimum atomic E-state index is 0.0864. The van der Waals surface area contributed by atoms with E-state index >= 15 is 0 Å². The molecule has 2 nitrogen and oxygen atoms in total. The number of methoxy groups -OCH3 is 1. The van der Waals surface area contributed by atoms with Crippen LogP contribution in [0.15, 0.2) is 34.8 Å². The van der Waals surface area contributed by atoms with Crippen molar-refractivity contribution in [1.29, 1.82) is 0 Å². The molecule has 0 heterocycles. The highest BCUT2D eigenvalue weighted by atomic mass is 127. The van der Waals surface area contributed by atoms with Crippen LogP contribution in [-0.4, -0.2) is 14.2 Å². The second-order valence-corrected chi connectivity index (χ2v) is 7.12. The maximum absolute atomic E-state index is 5.67. The van der Waals surface area contributed by atoms with Crippen molar-refractivity contribution in [2.24, 2.45) is 0 Å². The van der Waals surface area contributed by atoms with Gasteiger partial charge in [0.25, 0.3) is 0 Å². The Labute approximate surface area is 148 Å². The van der Waals surface area contributed by atoms with Crippen molar-refractivity contribution in [3.05, 3.63) is 60.6 Å². The molecule has 0 aliphatic heterocycles. The van der Waals surface area contributed by atoms with E-state index < -0.39 is 0 Å². The molecule has 2 rings (SSSR count). The fourth-order valence-corrected chi connectivity index (χ4v) is 3.51. The van der Waals surface area contributed by atoms with Gasteiger partial charge in [0.05, 0.1) is 13.2 Å². The van der Waals surface area contributed by atoms with Gasteiger partial charge in [0.2, 0.25) is 0 Å². The predicted molar refractivity (Wildman–Crippen MR) is 100 cm³/mol. The highest BCUT2D eigenvalue weighted by Gasteiger charge is 2.21. The lowest BCUT2D eigenvalue weighted by Gasteiger charge is -2.23. The Hall–Kier alpha value is -0.590. The summed E-state index contributed by atoms with van der Waals surface area (Å²) in [6.45, 7) is 4.21. The van der Waals surface area contributed by atoms with Gasteiger partial charge in [-0.3, -0.25) is 0 Å². The van der Waals surface area contributed by atoms with E-state index in [1.54, 1.807) is 7.11 Å². The number of hydrogen-bond acceptors (Lipinski definition) is 2. The lowest BCUT2D eigenvalue weighted by Crippen LogP contribution is -2.19. The summed E-state index contributed by atoms with van der Waals surface area (Å²) in [6, 6.07) is 10.8. The summed E-state index contributed by atoms with van der Waals surface area (Å²) < 4.78 is 7.99. The standard InChI is InChI=1S/C17H19BrINO/c1-10-5-7-13(17(21-4)11(10)2)16(20-3)14-9-12(19)6-8-15(14)18/h5-9,16,20H,1-4H3. The smallest absolute Gasteiger partial charge is 0.127 e. The van der Waals surface area contributed by atoms with Gasteiger partial charge in [-0.25, -0.2) is 0 Å². The summed E-state index contributed by atoms with van der Waals surface area (Å²) >= 11 is 6.01. The van der Waals surface area contributed by atoms with E-state index in [2.05, 4.69) is 88.0 Å². The zero-order chi connectivity index (χ0) is 15.6. The largest absolute Gasteiger partial charge is 0.496 e. The van der Waals surface area contributed by atoms with Crippen LogP contribution in [0.3, 0.4) is 0 Å². The SMILES string of the molecule is CNC(c1cc(I)ccc1Br)c1ccc(C)c(C)c1OC. The Morgan fingerprint density at radius 3 is 2.48 bits per heavy atom. The van der Waals surface area contributed by atoms with Crippen molar-refractivity contribution < 1.29 is 4.74 Å². The van der Waals surface area contributed by atoms with Crippen LogP contribution >= 0.6 is 38.5 Å². The molecule has 112 valence electrons. The molecule has 0 amide bonds. The molecular weight excluding hydrogens is 441 g/mol. The number of ether oxygens (including phenoxy) is 1. The van der Waals surface area contributed by atoms with E-state index in [1.165, 1.54) is 20.3 Å². The summed E-state index contributed by atoms with van der Waals surface area (Å²) in [7, 11) is 3.72. The summed E-state index contributed by atoms with van der Waals surface area (Å²) in [5, 5.41) is 3.41. The van der Waals surface area contributed by atoms with Crippen molar-refractivity contribution in [3.63, 3.8) is 0 Å². The molecule has 0 saturated carbocycles. The van der Waals surface area contributed by atoms with Gasteiger partial charge in [0.1, 0.15) is 5.75 Å². The predicted octanol–water partition coefficient (Wildman–Crippen LogP) is 4.99. The molecule has 0 radical (unpaired) electrons. The number of hydrogen-bond donors (Lipinski definition) is 1. The topological polar surface area (TPSA) is 21.3 Å². The van der Waals surface area contributed by atoms with Crippen LogP contribution in [0.25, 0.3) is 0 Å². The van der Waals surface area contributed by atoms with E-state index in [1.807, 2.05) is 7.05 Å². The third-order valence-electron chi connectivity index (χ3n) is 3.78. The van der Waals surface area contributed by atoms with Gasteiger partial charge in [0.15, 0.2) is 0 Å². The molecule has 0 saturated heterocycles. The van der Waals surface area contributed by atoms with Crippen molar-refractivity contribution in [2.75, 3.05) is 14.2 Å². The van der Waals surface area contributed by atoms with Gasteiger partial charge in [-0.2, -0.15) is 0 Å². The average Bonchev–Trinajstić information content (AvgIpc) is 2.47. The Balaban J connectivity index is 2.62. The van der Waals surface area contributed by atoms with Crippen LogP contribution in [0.2, 0.25) is 0 Å². The van der Waals surface area contributed by atoms with Crippen LogP contribution in [0.4, 0.5) is 0 Å². The lowest BCUT2D eigenvalue weighted by molar-refractivity contribution is 0.402. The first-order chi connectivity index (χ1) is 9.99. The summed E-state index contributed by atoms with van der Waals surface area (Å²) in [5.41, 5.74) is 4.81. The molecular formula is C17H19BrINO. The first-order valence-electron chi connectivity index (χ1n) is 6.76. The Bertz CT molecular complexity index is 657. The van der Waals surface area contributed by atoms with Crippen molar-refractivity contribution in [2.45, 2.75) is 19.9 Å². The highest BCUT2D eigenvalue weighted by molar-refractivity contribution is 14.1. The first-order valence-corrected chi connectivity index (χ1v) is 8.63. The molecule has 2 aromatic rings.